The Morgan fingerprint density at radius 1 is 1.54 bits per heavy atom. The van der Waals surface area contributed by atoms with Gasteiger partial charge in [-0.15, -0.1) is 0 Å². The SMILES string of the molecule is CC[C@H](N)c1ccc(S(C)(=O)=O)[nH]1. The molecule has 13 heavy (non-hydrogen) atoms. The van der Waals surface area contributed by atoms with E-state index in [0.29, 0.717) is 0 Å². The lowest BCUT2D eigenvalue weighted by atomic mass is 10.2. The van der Waals surface area contributed by atoms with Gasteiger partial charge in [-0.05, 0) is 18.6 Å². The van der Waals surface area contributed by atoms with Crippen LogP contribution in [0.1, 0.15) is 25.1 Å². The zero-order valence-corrected chi connectivity index (χ0v) is 8.56. The number of rotatable bonds is 3. The minimum Gasteiger partial charge on any atom is -0.348 e. The first-order chi connectivity index (χ1) is 5.95. The highest BCUT2D eigenvalue weighted by Gasteiger charge is 2.12. The molecule has 0 unspecified atom stereocenters. The number of aromatic amines is 1. The summed E-state index contributed by atoms with van der Waals surface area (Å²) in [5, 5.41) is 0.228. The molecule has 0 spiro atoms. The van der Waals surface area contributed by atoms with Crippen molar-refractivity contribution in [2.75, 3.05) is 6.26 Å². The molecule has 1 atom stereocenters. The van der Waals surface area contributed by atoms with E-state index in [1.807, 2.05) is 6.92 Å². The van der Waals surface area contributed by atoms with E-state index in [4.69, 9.17) is 5.73 Å². The van der Waals surface area contributed by atoms with Crippen LogP contribution < -0.4 is 5.73 Å². The Hall–Kier alpha value is -0.810. The molecule has 5 heteroatoms. The maximum atomic E-state index is 11.1. The van der Waals surface area contributed by atoms with Gasteiger partial charge in [0, 0.05) is 18.0 Å². The number of hydrogen-bond acceptors (Lipinski definition) is 3. The number of nitrogens with two attached hydrogens (primary N) is 1. The Balaban J connectivity index is 3.00. The maximum Gasteiger partial charge on any atom is 0.190 e. The number of sulfone groups is 1. The van der Waals surface area contributed by atoms with Crippen molar-refractivity contribution in [2.24, 2.45) is 5.73 Å². The third kappa shape index (κ3) is 2.32. The van der Waals surface area contributed by atoms with E-state index < -0.39 is 9.84 Å². The third-order valence-electron chi connectivity index (χ3n) is 1.92. The van der Waals surface area contributed by atoms with Crippen molar-refractivity contribution < 1.29 is 8.42 Å². The predicted octanol–water partition coefficient (Wildman–Crippen LogP) is 0.828. The van der Waals surface area contributed by atoms with E-state index in [1.165, 1.54) is 6.26 Å². The topological polar surface area (TPSA) is 76.0 Å². The van der Waals surface area contributed by atoms with Gasteiger partial charge in [-0.25, -0.2) is 8.42 Å². The highest BCUT2D eigenvalue weighted by Crippen LogP contribution is 2.15. The Morgan fingerprint density at radius 2 is 2.15 bits per heavy atom. The van der Waals surface area contributed by atoms with Crippen LogP contribution in [0.3, 0.4) is 0 Å². The Bertz CT molecular complexity index is 381. The van der Waals surface area contributed by atoms with E-state index in [2.05, 4.69) is 4.98 Å². The van der Waals surface area contributed by atoms with Gasteiger partial charge < -0.3 is 10.7 Å². The zero-order chi connectivity index (χ0) is 10.1. The van der Waals surface area contributed by atoms with Crippen LogP contribution in [-0.4, -0.2) is 19.7 Å². The third-order valence-corrected chi connectivity index (χ3v) is 2.96. The molecular formula is C8H14N2O2S. The normalized spacial score (nSPS) is 14.4. The zero-order valence-electron chi connectivity index (χ0n) is 7.74. The molecule has 0 saturated carbocycles. The van der Waals surface area contributed by atoms with Crippen molar-refractivity contribution in [3.05, 3.63) is 17.8 Å². The van der Waals surface area contributed by atoms with E-state index in [-0.39, 0.29) is 11.1 Å². The minimum absolute atomic E-state index is 0.115. The second kappa shape index (κ2) is 3.51. The lowest BCUT2D eigenvalue weighted by molar-refractivity contribution is 0.597. The summed E-state index contributed by atoms with van der Waals surface area (Å²) >= 11 is 0. The van der Waals surface area contributed by atoms with E-state index in [0.717, 1.165) is 12.1 Å². The summed E-state index contributed by atoms with van der Waals surface area (Å²) in [4.78, 5) is 2.79. The van der Waals surface area contributed by atoms with Crippen LogP contribution in [0.5, 0.6) is 0 Å². The van der Waals surface area contributed by atoms with Crippen molar-refractivity contribution in [2.45, 2.75) is 24.4 Å². The average Bonchev–Trinajstić information content (AvgIpc) is 2.50. The average molecular weight is 202 g/mol. The highest BCUT2D eigenvalue weighted by molar-refractivity contribution is 7.90. The van der Waals surface area contributed by atoms with Crippen LogP contribution in [0.4, 0.5) is 0 Å². The largest absolute Gasteiger partial charge is 0.348 e. The molecular weight excluding hydrogens is 188 g/mol. The van der Waals surface area contributed by atoms with Crippen molar-refractivity contribution in [1.82, 2.24) is 4.98 Å². The monoisotopic (exact) mass is 202 g/mol. The number of nitrogens with one attached hydrogen (secondary N) is 1. The molecule has 0 radical (unpaired) electrons. The van der Waals surface area contributed by atoms with Crippen LogP contribution in [0.25, 0.3) is 0 Å². The number of aromatic nitrogens is 1. The summed E-state index contributed by atoms with van der Waals surface area (Å²) in [5.41, 5.74) is 6.49. The molecule has 74 valence electrons. The lowest BCUT2D eigenvalue weighted by Gasteiger charge is -2.04. The van der Waals surface area contributed by atoms with Gasteiger partial charge in [0.2, 0.25) is 0 Å². The summed E-state index contributed by atoms with van der Waals surface area (Å²) in [5.74, 6) is 0. The van der Waals surface area contributed by atoms with Gasteiger partial charge in [0.25, 0.3) is 0 Å². The first kappa shape index (κ1) is 10.3. The van der Waals surface area contributed by atoms with Crippen LogP contribution in [0, 0.1) is 0 Å². The first-order valence-corrected chi connectivity index (χ1v) is 5.99. The maximum absolute atomic E-state index is 11.1. The molecule has 0 aromatic carbocycles. The van der Waals surface area contributed by atoms with Gasteiger partial charge in [0.1, 0.15) is 5.03 Å². The smallest absolute Gasteiger partial charge is 0.190 e. The van der Waals surface area contributed by atoms with Crippen LogP contribution >= 0.6 is 0 Å². The van der Waals surface area contributed by atoms with E-state index in [1.54, 1.807) is 12.1 Å². The van der Waals surface area contributed by atoms with Crippen molar-refractivity contribution in [3.8, 4) is 0 Å². The van der Waals surface area contributed by atoms with Crippen LogP contribution in [-0.2, 0) is 9.84 Å². The van der Waals surface area contributed by atoms with Gasteiger partial charge in [-0.1, -0.05) is 6.92 Å². The molecule has 0 aliphatic heterocycles. The molecule has 0 aliphatic carbocycles. The van der Waals surface area contributed by atoms with Crippen LogP contribution in [0.2, 0.25) is 0 Å². The quantitative estimate of drug-likeness (QED) is 0.762. The second-order valence-electron chi connectivity index (χ2n) is 3.06. The van der Waals surface area contributed by atoms with Crippen molar-refractivity contribution in [1.29, 1.82) is 0 Å². The number of hydrogen-bond donors (Lipinski definition) is 2. The Morgan fingerprint density at radius 3 is 2.54 bits per heavy atom. The summed E-state index contributed by atoms with van der Waals surface area (Å²) in [6.45, 7) is 1.95. The highest BCUT2D eigenvalue weighted by atomic mass is 32.2. The summed E-state index contributed by atoms with van der Waals surface area (Å²) < 4.78 is 22.2. The van der Waals surface area contributed by atoms with E-state index >= 15 is 0 Å². The molecule has 0 saturated heterocycles. The molecule has 1 rings (SSSR count). The molecule has 1 heterocycles. The van der Waals surface area contributed by atoms with Crippen LogP contribution in [0.15, 0.2) is 17.2 Å². The fourth-order valence-electron chi connectivity index (χ4n) is 1.04. The fraction of sp³-hybridized carbons (Fsp3) is 0.500. The Labute approximate surface area is 78.1 Å². The van der Waals surface area contributed by atoms with Crippen molar-refractivity contribution >= 4 is 9.84 Å². The van der Waals surface area contributed by atoms with Gasteiger partial charge in [0.15, 0.2) is 9.84 Å². The molecule has 0 aliphatic rings. The van der Waals surface area contributed by atoms with Crippen molar-refractivity contribution in [3.63, 3.8) is 0 Å². The Kier molecular flexibility index (Phi) is 2.77. The molecule has 0 amide bonds. The molecule has 1 aromatic heterocycles. The summed E-state index contributed by atoms with van der Waals surface area (Å²) in [6, 6.07) is 3.14. The predicted molar refractivity (Wildman–Crippen MR) is 51.1 cm³/mol. The van der Waals surface area contributed by atoms with Gasteiger partial charge in [-0.2, -0.15) is 0 Å². The molecule has 1 aromatic rings. The summed E-state index contributed by atoms with van der Waals surface area (Å²) in [6.07, 6.45) is 1.95. The first-order valence-electron chi connectivity index (χ1n) is 4.09. The summed E-state index contributed by atoms with van der Waals surface area (Å²) in [7, 11) is -3.13. The van der Waals surface area contributed by atoms with Gasteiger partial charge in [0.05, 0.1) is 0 Å². The number of H-pyrrole nitrogens is 1. The minimum atomic E-state index is -3.13. The van der Waals surface area contributed by atoms with Gasteiger partial charge >= 0.3 is 0 Å². The fourth-order valence-corrected chi connectivity index (χ4v) is 1.66. The molecule has 0 bridgehead atoms. The lowest BCUT2D eigenvalue weighted by Crippen LogP contribution is -2.09. The molecule has 0 fully saturated rings. The second-order valence-corrected chi connectivity index (χ2v) is 5.05. The molecule has 3 N–H and O–H groups in total. The standard InChI is InChI=1S/C8H14N2O2S/c1-3-6(9)7-4-5-8(10-7)13(2,11)12/h4-6,10H,3,9H2,1-2H3/t6-/m0/s1. The van der Waals surface area contributed by atoms with Gasteiger partial charge in [-0.3, -0.25) is 0 Å². The van der Waals surface area contributed by atoms with E-state index in [9.17, 15) is 8.42 Å². The molecule has 4 nitrogen and oxygen atoms in total.